The first-order valence-corrected chi connectivity index (χ1v) is 12.2. The van der Waals surface area contributed by atoms with Crippen LogP contribution in [0.15, 0.2) is 29.1 Å². The molecule has 1 aliphatic carbocycles. The van der Waals surface area contributed by atoms with Crippen LogP contribution in [0.3, 0.4) is 0 Å². The summed E-state index contributed by atoms with van der Waals surface area (Å²) < 4.78 is 1.60. The maximum absolute atomic E-state index is 13.8. The Morgan fingerprint density at radius 2 is 2.03 bits per heavy atom. The lowest BCUT2D eigenvalue weighted by Crippen LogP contribution is -2.36. The van der Waals surface area contributed by atoms with Gasteiger partial charge in [0.05, 0.1) is 11.9 Å². The van der Waals surface area contributed by atoms with E-state index in [9.17, 15) is 9.59 Å². The Morgan fingerprint density at radius 1 is 1.31 bits per heavy atom. The second kappa shape index (κ2) is 9.16. The van der Waals surface area contributed by atoms with Crippen molar-refractivity contribution in [1.29, 1.82) is 0 Å². The predicted molar refractivity (Wildman–Crippen MR) is 132 cm³/mol. The highest BCUT2D eigenvalue weighted by molar-refractivity contribution is 7.18. The number of hydrogen-bond acceptors (Lipinski definition) is 5. The van der Waals surface area contributed by atoms with E-state index in [4.69, 9.17) is 4.98 Å². The lowest BCUT2D eigenvalue weighted by molar-refractivity contribution is -0.119. The fourth-order valence-corrected chi connectivity index (χ4v) is 5.82. The van der Waals surface area contributed by atoms with Gasteiger partial charge in [-0.25, -0.2) is 4.98 Å². The molecule has 3 aromatic rings. The molecule has 0 spiro atoms. The normalized spacial score (nSPS) is 16.9. The van der Waals surface area contributed by atoms with E-state index < -0.39 is 6.04 Å². The Labute approximate surface area is 193 Å². The van der Waals surface area contributed by atoms with Crippen LogP contribution in [-0.2, 0) is 30.6 Å². The van der Waals surface area contributed by atoms with Crippen molar-refractivity contribution in [2.45, 2.75) is 59.0 Å². The van der Waals surface area contributed by atoms with Gasteiger partial charge in [-0.2, -0.15) is 0 Å². The zero-order valence-corrected chi connectivity index (χ0v) is 20.4. The Balaban J connectivity index is 1.75. The van der Waals surface area contributed by atoms with Crippen molar-refractivity contribution in [3.8, 4) is 0 Å². The van der Waals surface area contributed by atoms with E-state index >= 15 is 0 Å². The third-order valence-corrected chi connectivity index (χ3v) is 7.44. The minimum atomic E-state index is -0.668. The van der Waals surface area contributed by atoms with Crippen molar-refractivity contribution in [2.75, 3.05) is 19.4 Å². The molecule has 7 heteroatoms. The lowest BCUT2D eigenvalue weighted by Gasteiger charge is -2.21. The summed E-state index contributed by atoms with van der Waals surface area (Å²) in [6, 6.07) is 7.17. The molecule has 2 unspecified atom stereocenters. The molecule has 1 aromatic carbocycles. The van der Waals surface area contributed by atoms with Crippen molar-refractivity contribution in [3.63, 3.8) is 0 Å². The van der Waals surface area contributed by atoms with Gasteiger partial charge in [0.15, 0.2) is 0 Å². The maximum atomic E-state index is 13.8. The van der Waals surface area contributed by atoms with Gasteiger partial charge in [0.2, 0.25) is 5.91 Å². The first-order valence-electron chi connectivity index (χ1n) is 11.4. The van der Waals surface area contributed by atoms with Gasteiger partial charge in [-0.15, -0.1) is 11.3 Å². The van der Waals surface area contributed by atoms with Gasteiger partial charge in [-0.05, 0) is 75.9 Å². The summed E-state index contributed by atoms with van der Waals surface area (Å²) in [5, 5.41) is 3.69. The number of hydrogen-bond donors (Lipinski definition) is 1. The molecule has 6 nitrogen and oxygen atoms in total. The zero-order valence-electron chi connectivity index (χ0n) is 19.6. The fraction of sp³-hybridized carbons (Fsp3) is 0.480. The molecule has 2 heterocycles. The number of amides is 1. The van der Waals surface area contributed by atoms with E-state index in [0.29, 0.717) is 23.7 Å². The number of fused-ring (bicyclic) bond motifs is 3. The zero-order chi connectivity index (χ0) is 23.0. The Bertz CT molecular complexity index is 1190. The van der Waals surface area contributed by atoms with Crippen molar-refractivity contribution < 1.29 is 4.79 Å². The smallest absolute Gasteiger partial charge is 0.263 e. The molecule has 0 bridgehead atoms. The number of nitrogens with zero attached hydrogens (tertiary/aromatic N) is 3. The first-order chi connectivity index (χ1) is 15.3. The molecule has 1 amide bonds. The minimum Gasteiger partial charge on any atom is -0.324 e. The van der Waals surface area contributed by atoms with Gasteiger partial charge in [-0.3, -0.25) is 14.2 Å². The molecule has 170 valence electrons. The number of aryl methyl sites for hydroxylation is 2. The number of rotatable bonds is 6. The molecule has 0 fully saturated rings. The molecule has 0 saturated carbocycles. The largest absolute Gasteiger partial charge is 0.324 e. The predicted octanol–water partition coefficient (Wildman–Crippen LogP) is 4.41. The SMILES string of the molecule is CCc1ccc(NC(=O)C(C)n2c(CN(C)C)nc3sc4c(c3c2=O)CCC(C)C4)cc1. The molecule has 0 saturated heterocycles. The Morgan fingerprint density at radius 3 is 2.69 bits per heavy atom. The van der Waals surface area contributed by atoms with Crippen LogP contribution >= 0.6 is 11.3 Å². The molecular weight excluding hydrogens is 420 g/mol. The minimum absolute atomic E-state index is 0.0946. The van der Waals surface area contributed by atoms with E-state index in [-0.39, 0.29) is 11.5 Å². The number of carbonyl (C=O) groups is 1. The average Bonchev–Trinajstić information content (AvgIpc) is 3.11. The van der Waals surface area contributed by atoms with E-state index in [1.165, 1.54) is 10.4 Å². The van der Waals surface area contributed by atoms with Crippen molar-refractivity contribution in [1.82, 2.24) is 14.5 Å². The van der Waals surface area contributed by atoms with Crippen LogP contribution in [0.4, 0.5) is 5.69 Å². The average molecular weight is 453 g/mol. The van der Waals surface area contributed by atoms with Gasteiger partial charge >= 0.3 is 0 Å². The standard InChI is InChI=1S/C25H32N4O2S/c1-6-17-8-10-18(11-9-17)26-23(30)16(3)29-21(14-28(4)5)27-24-22(25(29)31)19-12-7-15(2)13-20(19)32-24/h8-11,15-16H,6-7,12-14H2,1-5H3,(H,26,30). The summed E-state index contributed by atoms with van der Waals surface area (Å²) in [6.45, 7) is 6.63. The number of aromatic nitrogens is 2. The second-order valence-corrected chi connectivity index (χ2v) is 10.3. The number of nitrogens with one attached hydrogen (secondary N) is 1. The van der Waals surface area contributed by atoms with Crippen LogP contribution in [0.25, 0.3) is 10.2 Å². The highest BCUT2D eigenvalue weighted by Crippen LogP contribution is 2.36. The van der Waals surface area contributed by atoms with Gasteiger partial charge in [-0.1, -0.05) is 26.0 Å². The fourth-order valence-electron chi connectivity index (χ4n) is 4.43. The van der Waals surface area contributed by atoms with Gasteiger partial charge in [0, 0.05) is 10.6 Å². The maximum Gasteiger partial charge on any atom is 0.263 e. The van der Waals surface area contributed by atoms with E-state index in [1.54, 1.807) is 22.8 Å². The van der Waals surface area contributed by atoms with E-state index in [2.05, 4.69) is 19.2 Å². The molecule has 0 radical (unpaired) electrons. The third kappa shape index (κ3) is 4.36. The lowest BCUT2D eigenvalue weighted by atomic mass is 9.89. The van der Waals surface area contributed by atoms with Gasteiger partial charge < -0.3 is 10.2 Å². The highest BCUT2D eigenvalue weighted by Gasteiger charge is 2.27. The molecular formula is C25H32N4O2S. The number of anilines is 1. The van der Waals surface area contributed by atoms with Crippen LogP contribution in [0.2, 0.25) is 0 Å². The molecule has 2 atom stereocenters. The van der Waals surface area contributed by atoms with Crippen LogP contribution in [-0.4, -0.2) is 34.5 Å². The van der Waals surface area contributed by atoms with Crippen LogP contribution in [0.1, 0.15) is 55.1 Å². The van der Waals surface area contributed by atoms with Crippen molar-refractivity contribution in [2.24, 2.45) is 5.92 Å². The topological polar surface area (TPSA) is 67.2 Å². The monoisotopic (exact) mass is 452 g/mol. The number of thiophene rings is 1. The quantitative estimate of drug-likeness (QED) is 0.602. The third-order valence-electron chi connectivity index (χ3n) is 6.29. The summed E-state index contributed by atoms with van der Waals surface area (Å²) >= 11 is 1.65. The number of benzene rings is 1. The van der Waals surface area contributed by atoms with Gasteiger partial charge in [0.25, 0.3) is 5.56 Å². The van der Waals surface area contributed by atoms with Crippen LogP contribution < -0.4 is 10.9 Å². The van der Waals surface area contributed by atoms with Crippen LogP contribution in [0, 0.1) is 5.92 Å². The van der Waals surface area contributed by atoms with Crippen molar-refractivity contribution in [3.05, 3.63) is 56.4 Å². The molecule has 1 N–H and O–H groups in total. The van der Waals surface area contributed by atoms with Crippen molar-refractivity contribution >= 4 is 33.1 Å². The highest BCUT2D eigenvalue weighted by atomic mass is 32.1. The summed E-state index contributed by atoms with van der Waals surface area (Å²) in [4.78, 5) is 35.9. The summed E-state index contributed by atoms with van der Waals surface area (Å²) in [5.41, 5.74) is 3.00. The summed E-state index contributed by atoms with van der Waals surface area (Å²) in [6.07, 6.45) is 3.94. The molecule has 32 heavy (non-hydrogen) atoms. The van der Waals surface area contributed by atoms with Gasteiger partial charge in [0.1, 0.15) is 16.7 Å². The molecule has 4 rings (SSSR count). The van der Waals surface area contributed by atoms with E-state index in [0.717, 1.165) is 41.8 Å². The summed E-state index contributed by atoms with van der Waals surface area (Å²) in [7, 11) is 3.89. The number of carbonyl (C=O) groups excluding carboxylic acids is 1. The second-order valence-electron chi connectivity index (χ2n) is 9.19. The molecule has 2 aromatic heterocycles. The first kappa shape index (κ1) is 22.7. The van der Waals surface area contributed by atoms with E-state index in [1.807, 2.05) is 43.3 Å². The molecule has 0 aliphatic heterocycles. The van der Waals surface area contributed by atoms with Crippen LogP contribution in [0.5, 0.6) is 0 Å². The Kier molecular flexibility index (Phi) is 6.49. The molecule has 1 aliphatic rings. The Hall–Kier alpha value is -2.51. The summed E-state index contributed by atoms with van der Waals surface area (Å²) in [5.74, 6) is 1.04.